The quantitative estimate of drug-likeness (QED) is 0.573. The van der Waals surface area contributed by atoms with Gasteiger partial charge in [-0.05, 0) is 24.8 Å². The van der Waals surface area contributed by atoms with Gasteiger partial charge < -0.3 is 15.5 Å². The maximum atomic E-state index is 9.11. The van der Waals surface area contributed by atoms with E-state index in [4.69, 9.17) is 10.2 Å². The molecule has 1 saturated carbocycles. The van der Waals surface area contributed by atoms with Crippen LogP contribution in [0.4, 0.5) is 0 Å². The Bertz CT molecular complexity index is 200. The maximum absolute atomic E-state index is 9.11. The third-order valence-corrected chi connectivity index (χ3v) is 4.06. The van der Waals surface area contributed by atoms with Crippen LogP contribution in [0.3, 0.4) is 0 Å². The van der Waals surface area contributed by atoms with Crippen LogP contribution in [-0.4, -0.2) is 61.1 Å². The highest BCUT2D eigenvalue weighted by molar-refractivity contribution is 4.87. The molecule has 1 aliphatic rings. The van der Waals surface area contributed by atoms with Gasteiger partial charge in [0, 0.05) is 26.2 Å². The molecule has 0 bridgehead atoms. The molecule has 0 aromatic heterocycles. The molecule has 1 fully saturated rings. The van der Waals surface area contributed by atoms with Crippen LogP contribution in [0.2, 0.25) is 0 Å². The van der Waals surface area contributed by atoms with Gasteiger partial charge in [-0.1, -0.05) is 26.2 Å². The van der Waals surface area contributed by atoms with Crippen LogP contribution in [-0.2, 0) is 0 Å². The molecular weight excluding hydrogens is 228 g/mol. The van der Waals surface area contributed by atoms with Gasteiger partial charge >= 0.3 is 0 Å². The van der Waals surface area contributed by atoms with Gasteiger partial charge in [0.05, 0.1) is 13.2 Å². The van der Waals surface area contributed by atoms with Crippen molar-refractivity contribution in [3.05, 3.63) is 0 Å². The molecule has 1 aliphatic carbocycles. The predicted molar refractivity (Wildman–Crippen MR) is 74.7 cm³/mol. The number of nitrogens with zero attached hydrogens (tertiary/aromatic N) is 1. The van der Waals surface area contributed by atoms with Crippen molar-refractivity contribution < 1.29 is 10.2 Å². The summed E-state index contributed by atoms with van der Waals surface area (Å²) < 4.78 is 0. The van der Waals surface area contributed by atoms with Gasteiger partial charge in [-0.25, -0.2) is 0 Å². The van der Waals surface area contributed by atoms with E-state index in [-0.39, 0.29) is 13.2 Å². The lowest BCUT2D eigenvalue weighted by atomic mass is 9.73. The van der Waals surface area contributed by atoms with Crippen molar-refractivity contribution in [3.8, 4) is 0 Å². The fraction of sp³-hybridized carbons (Fsp3) is 1.00. The van der Waals surface area contributed by atoms with Crippen molar-refractivity contribution in [2.24, 2.45) is 5.41 Å². The molecule has 0 aromatic rings. The monoisotopic (exact) mass is 258 g/mol. The summed E-state index contributed by atoms with van der Waals surface area (Å²) in [7, 11) is 0. The molecule has 0 saturated heterocycles. The van der Waals surface area contributed by atoms with Gasteiger partial charge in [0.15, 0.2) is 0 Å². The van der Waals surface area contributed by atoms with Crippen molar-refractivity contribution in [1.82, 2.24) is 10.2 Å². The first-order valence-corrected chi connectivity index (χ1v) is 7.41. The van der Waals surface area contributed by atoms with Gasteiger partial charge in [-0.15, -0.1) is 0 Å². The Balaban J connectivity index is 2.56. The predicted octanol–water partition coefficient (Wildman–Crippen LogP) is 0.833. The van der Waals surface area contributed by atoms with Crippen molar-refractivity contribution in [2.45, 2.75) is 39.0 Å². The summed E-state index contributed by atoms with van der Waals surface area (Å²) in [6, 6.07) is 0. The van der Waals surface area contributed by atoms with Crippen LogP contribution < -0.4 is 5.32 Å². The molecule has 4 nitrogen and oxygen atoms in total. The van der Waals surface area contributed by atoms with E-state index in [1.54, 1.807) is 0 Å². The highest BCUT2D eigenvalue weighted by atomic mass is 16.3. The molecule has 0 aliphatic heterocycles. The van der Waals surface area contributed by atoms with E-state index in [1.165, 1.54) is 32.1 Å². The van der Waals surface area contributed by atoms with Crippen LogP contribution in [0.5, 0.6) is 0 Å². The third-order valence-electron chi connectivity index (χ3n) is 4.06. The number of hydrogen-bond donors (Lipinski definition) is 3. The smallest absolute Gasteiger partial charge is 0.0558 e. The fourth-order valence-corrected chi connectivity index (χ4v) is 3.11. The van der Waals surface area contributed by atoms with Crippen LogP contribution in [0, 0.1) is 5.41 Å². The second-order valence-electron chi connectivity index (χ2n) is 5.56. The highest BCUT2D eigenvalue weighted by Gasteiger charge is 2.33. The molecule has 4 heteroatoms. The first kappa shape index (κ1) is 15.9. The number of nitrogens with one attached hydrogen (secondary N) is 1. The fourth-order valence-electron chi connectivity index (χ4n) is 3.11. The van der Waals surface area contributed by atoms with Crippen LogP contribution in [0.15, 0.2) is 0 Å². The summed E-state index contributed by atoms with van der Waals surface area (Å²) >= 11 is 0. The zero-order chi connectivity index (χ0) is 13.3. The molecule has 0 spiro atoms. The summed E-state index contributed by atoms with van der Waals surface area (Å²) in [6.45, 7) is 6.94. The minimum Gasteiger partial charge on any atom is -0.395 e. The van der Waals surface area contributed by atoms with Gasteiger partial charge in [-0.3, -0.25) is 4.90 Å². The lowest BCUT2D eigenvalue weighted by Gasteiger charge is -2.41. The minimum absolute atomic E-state index is 0.178. The molecule has 0 atom stereocenters. The first-order chi connectivity index (χ1) is 8.76. The Morgan fingerprint density at radius 1 is 1.06 bits per heavy atom. The van der Waals surface area contributed by atoms with E-state index in [2.05, 4.69) is 17.1 Å². The number of hydrogen-bond acceptors (Lipinski definition) is 4. The van der Waals surface area contributed by atoms with Gasteiger partial charge in [0.25, 0.3) is 0 Å². The lowest BCUT2D eigenvalue weighted by Crippen LogP contribution is -2.46. The summed E-state index contributed by atoms with van der Waals surface area (Å²) in [4.78, 5) is 2.21. The van der Waals surface area contributed by atoms with Gasteiger partial charge in [0.2, 0.25) is 0 Å². The van der Waals surface area contributed by atoms with Crippen LogP contribution in [0.25, 0.3) is 0 Å². The Labute approximate surface area is 111 Å². The van der Waals surface area contributed by atoms with E-state index in [9.17, 15) is 0 Å². The zero-order valence-electron chi connectivity index (χ0n) is 11.8. The van der Waals surface area contributed by atoms with Gasteiger partial charge in [0.1, 0.15) is 0 Å². The molecule has 0 aromatic carbocycles. The Morgan fingerprint density at radius 2 is 1.67 bits per heavy atom. The van der Waals surface area contributed by atoms with Crippen molar-refractivity contribution in [1.29, 1.82) is 0 Å². The van der Waals surface area contributed by atoms with Crippen molar-refractivity contribution in [3.63, 3.8) is 0 Å². The van der Waals surface area contributed by atoms with E-state index in [0.717, 1.165) is 19.6 Å². The minimum atomic E-state index is 0.178. The topological polar surface area (TPSA) is 55.7 Å². The molecule has 1 rings (SSSR count). The summed E-state index contributed by atoms with van der Waals surface area (Å²) in [5, 5.41) is 21.7. The Kier molecular flexibility index (Phi) is 7.82. The van der Waals surface area contributed by atoms with Crippen LogP contribution >= 0.6 is 0 Å². The van der Waals surface area contributed by atoms with E-state index in [1.807, 2.05) is 0 Å². The first-order valence-electron chi connectivity index (χ1n) is 7.41. The molecule has 18 heavy (non-hydrogen) atoms. The number of rotatable bonds is 9. The normalized spacial score (nSPS) is 19.3. The standard InChI is InChI=1S/C14H30N2O2/c1-2-15-12-14(6-4-3-5-7-14)13-16(8-10-17)9-11-18/h15,17-18H,2-13H2,1H3. The molecule has 0 heterocycles. The summed E-state index contributed by atoms with van der Waals surface area (Å²) in [5.41, 5.74) is 0.346. The Hall–Kier alpha value is -0.160. The zero-order valence-corrected chi connectivity index (χ0v) is 11.8. The average Bonchev–Trinajstić information content (AvgIpc) is 2.38. The van der Waals surface area contributed by atoms with E-state index < -0.39 is 0 Å². The largest absolute Gasteiger partial charge is 0.395 e. The molecule has 108 valence electrons. The third kappa shape index (κ3) is 5.22. The molecule has 0 unspecified atom stereocenters. The number of aliphatic hydroxyl groups excluding tert-OH is 2. The SMILES string of the molecule is CCNCC1(CN(CCO)CCO)CCCCC1. The molecule has 0 radical (unpaired) electrons. The summed E-state index contributed by atoms with van der Waals surface area (Å²) in [5.74, 6) is 0. The Morgan fingerprint density at radius 3 is 2.17 bits per heavy atom. The molecule has 3 N–H and O–H groups in total. The van der Waals surface area contributed by atoms with E-state index >= 15 is 0 Å². The molecule has 0 amide bonds. The summed E-state index contributed by atoms with van der Waals surface area (Å²) in [6.07, 6.45) is 6.53. The average molecular weight is 258 g/mol. The maximum Gasteiger partial charge on any atom is 0.0558 e. The molecular formula is C14H30N2O2. The second kappa shape index (κ2) is 8.86. The number of aliphatic hydroxyl groups is 2. The van der Waals surface area contributed by atoms with Crippen molar-refractivity contribution >= 4 is 0 Å². The van der Waals surface area contributed by atoms with Crippen LogP contribution in [0.1, 0.15) is 39.0 Å². The second-order valence-corrected chi connectivity index (χ2v) is 5.56. The van der Waals surface area contributed by atoms with Gasteiger partial charge in [-0.2, -0.15) is 0 Å². The lowest BCUT2D eigenvalue weighted by molar-refractivity contribution is 0.0768. The highest BCUT2D eigenvalue weighted by Crippen LogP contribution is 2.36. The van der Waals surface area contributed by atoms with E-state index in [0.29, 0.717) is 18.5 Å². The van der Waals surface area contributed by atoms with Crippen molar-refractivity contribution in [2.75, 3.05) is 45.9 Å².